The molecule has 0 fully saturated rings. The number of thiazole rings is 1. The van der Waals surface area contributed by atoms with E-state index in [1.54, 1.807) is 36.6 Å². The molecule has 1 unspecified atom stereocenters. The first-order valence-electron chi connectivity index (χ1n) is 13.8. The molecule has 0 saturated carbocycles. The van der Waals surface area contributed by atoms with E-state index in [0.29, 0.717) is 16.3 Å². The van der Waals surface area contributed by atoms with Crippen LogP contribution in [0.15, 0.2) is 84.8 Å². The van der Waals surface area contributed by atoms with E-state index in [0.717, 1.165) is 17.7 Å². The number of esters is 1. The molecule has 0 aliphatic heterocycles. The maximum Gasteiger partial charge on any atom is 1.00 e. The first-order chi connectivity index (χ1) is 22.5. The van der Waals surface area contributed by atoms with Crippen molar-refractivity contribution in [3.63, 3.8) is 0 Å². The van der Waals surface area contributed by atoms with Crippen molar-refractivity contribution in [2.45, 2.75) is 31.6 Å². The van der Waals surface area contributed by atoms with Gasteiger partial charge in [-0.3, -0.25) is 4.57 Å². The Labute approximate surface area is 299 Å². The predicted molar refractivity (Wildman–Crippen MR) is 161 cm³/mol. The van der Waals surface area contributed by atoms with Gasteiger partial charge in [0.15, 0.2) is 6.79 Å². The zero-order valence-corrected chi connectivity index (χ0v) is 29.2. The molecule has 0 amide bonds. The molecular formula is C31H25F2N5NaO7PS. The number of carbonyl (C=O) groups excluding carboxylic acids is 1. The smallest absolute Gasteiger partial charge is 0.756 e. The minimum absolute atomic E-state index is 0. The Morgan fingerprint density at radius 1 is 1.19 bits per heavy atom. The Hall–Kier alpha value is -3.68. The van der Waals surface area contributed by atoms with Crippen LogP contribution in [0.5, 0.6) is 0 Å². The number of benzene rings is 3. The first kappa shape index (κ1) is 37.1. The molecule has 0 bridgehead atoms. The summed E-state index contributed by atoms with van der Waals surface area (Å²) < 4.78 is 58.2. The molecule has 48 heavy (non-hydrogen) atoms. The van der Waals surface area contributed by atoms with Gasteiger partial charge in [-0.2, -0.15) is 10.4 Å². The number of hydrogen-bond donors (Lipinski definition) is 1. The number of hydrogen-bond acceptors (Lipinski definition) is 11. The molecule has 0 spiro atoms. The van der Waals surface area contributed by atoms with Crippen LogP contribution in [0.2, 0.25) is 0 Å². The van der Waals surface area contributed by atoms with Crippen molar-refractivity contribution in [1.29, 1.82) is 5.26 Å². The summed E-state index contributed by atoms with van der Waals surface area (Å²) in [6, 6.07) is 17.6. The Kier molecular flexibility index (Phi) is 12.5. The summed E-state index contributed by atoms with van der Waals surface area (Å²) in [4.78, 5) is 41.6. The van der Waals surface area contributed by atoms with Crippen molar-refractivity contribution in [2.24, 2.45) is 0 Å². The Morgan fingerprint density at radius 2 is 1.96 bits per heavy atom. The minimum Gasteiger partial charge on any atom is -0.756 e. The summed E-state index contributed by atoms with van der Waals surface area (Å²) in [5.41, 5.74) is 0.361. The van der Waals surface area contributed by atoms with Gasteiger partial charge in [-0.25, -0.2) is 28.2 Å². The van der Waals surface area contributed by atoms with E-state index < -0.39 is 50.3 Å². The van der Waals surface area contributed by atoms with Gasteiger partial charge < -0.3 is 23.8 Å². The van der Waals surface area contributed by atoms with Crippen LogP contribution in [-0.4, -0.2) is 37.4 Å². The van der Waals surface area contributed by atoms with Crippen LogP contribution >= 0.6 is 19.2 Å². The SMILES string of the molecule is C[C@@H](c1nc(-c2ccc(C#N)cc2)cs1)[C@@](Cn1cncn1)(OCOC(=O)c1cccc(COP(=O)([O-])O)c1)c1ccc(F)cc1F.[Na+]. The van der Waals surface area contributed by atoms with E-state index in [-0.39, 0.29) is 52.8 Å². The second kappa shape index (κ2) is 16.1. The Balaban J connectivity index is 0.00000520. The molecule has 3 atom stereocenters. The Bertz CT molecular complexity index is 1950. The quantitative estimate of drug-likeness (QED) is 0.0824. The monoisotopic (exact) mass is 703 g/mol. The number of carbonyl (C=O) groups is 1. The van der Waals surface area contributed by atoms with Gasteiger partial charge in [-0.1, -0.05) is 37.3 Å². The van der Waals surface area contributed by atoms with Crippen molar-refractivity contribution < 1.29 is 71.5 Å². The van der Waals surface area contributed by atoms with Gasteiger partial charge in [0.1, 0.15) is 29.9 Å². The van der Waals surface area contributed by atoms with E-state index in [9.17, 15) is 18.6 Å². The maximum atomic E-state index is 15.7. The number of phosphoric acid groups is 1. The van der Waals surface area contributed by atoms with Gasteiger partial charge in [-0.05, 0) is 35.9 Å². The molecule has 242 valence electrons. The van der Waals surface area contributed by atoms with E-state index >= 15 is 4.39 Å². The Morgan fingerprint density at radius 3 is 2.62 bits per heavy atom. The van der Waals surface area contributed by atoms with Gasteiger partial charge in [0.05, 0.1) is 41.0 Å². The number of ether oxygens (including phenoxy) is 2. The van der Waals surface area contributed by atoms with Crippen molar-refractivity contribution in [3.8, 4) is 17.3 Å². The molecule has 2 aromatic heterocycles. The fraction of sp³-hybridized carbons (Fsp3) is 0.194. The third-order valence-electron chi connectivity index (χ3n) is 7.22. The fourth-order valence-corrected chi connectivity index (χ4v) is 6.12. The average Bonchev–Trinajstić information content (AvgIpc) is 3.76. The molecule has 0 saturated heterocycles. The van der Waals surface area contributed by atoms with Gasteiger partial charge in [-0.15, -0.1) is 11.3 Å². The second-order valence-corrected chi connectivity index (χ2v) is 12.3. The van der Waals surface area contributed by atoms with Crippen LogP contribution in [0.4, 0.5) is 8.78 Å². The number of halogens is 2. The van der Waals surface area contributed by atoms with Crippen LogP contribution in [0.25, 0.3) is 11.3 Å². The topological polar surface area (TPSA) is 173 Å². The molecule has 0 aliphatic carbocycles. The van der Waals surface area contributed by atoms with Gasteiger partial charge in [0.25, 0.3) is 7.82 Å². The van der Waals surface area contributed by atoms with Gasteiger partial charge in [0.2, 0.25) is 0 Å². The molecule has 2 heterocycles. The molecule has 5 rings (SSSR count). The van der Waals surface area contributed by atoms with Crippen molar-refractivity contribution >= 4 is 25.1 Å². The number of rotatable bonds is 13. The fourth-order valence-electron chi connectivity index (χ4n) is 4.84. The molecule has 0 radical (unpaired) electrons. The summed E-state index contributed by atoms with van der Waals surface area (Å²) in [5.74, 6) is -3.33. The third-order valence-corrected chi connectivity index (χ3v) is 8.70. The summed E-state index contributed by atoms with van der Waals surface area (Å²) in [6.07, 6.45) is 2.67. The van der Waals surface area contributed by atoms with Crippen LogP contribution < -0.4 is 34.5 Å². The maximum absolute atomic E-state index is 15.7. The number of nitriles is 1. The number of aromatic nitrogens is 4. The summed E-state index contributed by atoms with van der Waals surface area (Å²) in [6.45, 7) is 0.372. The van der Waals surface area contributed by atoms with Gasteiger partial charge >= 0.3 is 35.5 Å². The average molecular weight is 704 g/mol. The normalized spacial score (nSPS) is 14.2. The van der Waals surface area contributed by atoms with E-state index in [1.165, 1.54) is 59.0 Å². The molecule has 17 heteroatoms. The van der Waals surface area contributed by atoms with Crippen LogP contribution in [0, 0.1) is 23.0 Å². The third kappa shape index (κ3) is 9.06. The standard InChI is InChI=1S/C31H26F2N5O7PS.Na/c1-20(29-37-28(15-47-29)23-7-5-21(13-34)6-8-23)31(16-38-18-35-17-36-38,26-10-9-25(32)12-27(26)33)44-19-43-30(39)24-4-2-3-22(11-24)14-45-46(40,41)42;/h2-12,15,17-18,20H,14,16,19H2,1H3,(H2,40,41,42);/q;+1/p-1/t20-,31+;/m0./s1. The first-order valence-corrected chi connectivity index (χ1v) is 16.2. The summed E-state index contributed by atoms with van der Waals surface area (Å²) >= 11 is 1.27. The van der Waals surface area contributed by atoms with E-state index in [1.807, 2.05) is 0 Å². The zero-order chi connectivity index (χ0) is 33.6. The zero-order valence-electron chi connectivity index (χ0n) is 25.5. The van der Waals surface area contributed by atoms with Crippen LogP contribution in [0.3, 0.4) is 0 Å². The molecule has 3 aromatic carbocycles. The van der Waals surface area contributed by atoms with Crippen LogP contribution in [-0.2, 0) is 37.3 Å². The summed E-state index contributed by atoms with van der Waals surface area (Å²) in [5, 5.41) is 15.6. The second-order valence-electron chi connectivity index (χ2n) is 10.2. The molecule has 1 N–H and O–H groups in total. The number of phosphoric ester groups is 1. The van der Waals surface area contributed by atoms with Gasteiger partial charge in [0, 0.05) is 28.5 Å². The van der Waals surface area contributed by atoms with Crippen molar-refractivity contribution in [1.82, 2.24) is 19.7 Å². The van der Waals surface area contributed by atoms with E-state index in [4.69, 9.17) is 24.6 Å². The minimum atomic E-state index is -4.99. The largest absolute Gasteiger partial charge is 1.00 e. The van der Waals surface area contributed by atoms with Crippen LogP contribution in [0.1, 0.15) is 44.9 Å². The predicted octanol–water partition coefficient (Wildman–Crippen LogP) is 2.06. The molecule has 0 aliphatic rings. The summed E-state index contributed by atoms with van der Waals surface area (Å²) in [7, 11) is -4.99. The number of nitrogens with zero attached hydrogens (tertiary/aromatic N) is 5. The molecule has 5 aromatic rings. The molecular weight excluding hydrogens is 678 g/mol. The van der Waals surface area contributed by atoms with E-state index in [2.05, 4.69) is 20.7 Å². The molecule has 12 nitrogen and oxygen atoms in total. The van der Waals surface area contributed by atoms with Crippen molar-refractivity contribution in [3.05, 3.63) is 124 Å². The van der Waals surface area contributed by atoms with Crippen molar-refractivity contribution in [2.75, 3.05) is 6.79 Å².